The van der Waals surface area contributed by atoms with Crippen LogP contribution in [0, 0.1) is 5.92 Å². The van der Waals surface area contributed by atoms with Gasteiger partial charge >= 0.3 is 0 Å². The van der Waals surface area contributed by atoms with Crippen molar-refractivity contribution in [1.82, 2.24) is 14.8 Å². The molecule has 17 heavy (non-hydrogen) atoms. The molecule has 1 N–H and O–H groups in total. The first-order valence-corrected chi connectivity index (χ1v) is 5.94. The molecule has 0 radical (unpaired) electrons. The fraction of sp³-hybridized carbons (Fsp3) is 0.333. The molecule has 0 aliphatic rings. The zero-order valence-corrected chi connectivity index (χ0v) is 10.4. The first-order valence-electron chi connectivity index (χ1n) is 5.57. The fourth-order valence-corrected chi connectivity index (χ4v) is 1.66. The Hall–Kier alpha value is -1.55. The van der Waals surface area contributed by atoms with E-state index in [1.165, 1.54) is 0 Å². The molecule has 0 aliphatic carbocycles. The van der Waals surface area contributed by atoms with Crippen LogP contribution in [-0.4, -0.2) is 21.3 Å². The third-order valence-electron chi connectivity index (χ3n) is 2.42. The predicted molar refractivity (Wildman–Crippen MR) is 69.1 cm³/mol. The SMILES string of the molecule is CC(CNc1ccc(Cl)cn1)Cn1cccn1. The summed E-state index contributed by atoms with van der Waals surface area (Å²) in [6.45, 7) is 3.92. The van der Waals surface area contributed by atoms with Gasteiger partial charge in [-0.05, 0) is 24.1 Å². The third-order valence-corrected chi connectivity index (χ3v) is 2.64. The minimum absolute atomic E-state index is 0.479. The van der Waals surface area contributed by atoms with E-state index in [4.69, 9.17) is 11.6 Å². The Kier molecular flexibility index (Phi) is 3.98. The smallest absolute Gasteiger partial charge is 0.125 e. The number of hydrogen-bond donors (Lipinski definition) is 1. The van der Waals surface area contributed by atoms with Gasteiger partial charge in [0.1, 0.15) is 5.82 Å². The Morgan fingerprint density at radius 1 is 1.47 bits per heavy atom. The lowest BCUT2D eigenvalue weighted by atomic mass is 10.2. The molecule has 2 aromatic rings. The second-order valence-corrected chi connectivity index (χ2v) is 4.51. The maximum absolute atomic E-state index is 5.77. The molecule has 0 aromatic carbocycles. The summed E-state index contributed by atoms with van der Waals surface area (Å²) in [5.74, 6) is 1.33. The molecule has 0 bridgehead atoms. The molecular formula is C12H15ClN4. The van der Waals surface area contributed by atoms with Gasteiger partial charge in [0.15, 0.2) is 0 Å². The summed E-state index contributed by atoms with van der Waals surface area (Å²) in [7, 11) is 0. The topological polar surface area (TPSA) is 42.7 Å². The second-order valence-electron chi connectivity index (χ2n) is 4.08. The number of rotatable bonds is 5. The molecule has 1 unspecified atom stereocenters. The summed E-state index contributed by atoms with van der Waals surface area (Å²) in [4.78, 5) is 4.18. The summed E-state index contributed by atoms with van der Waals surface area (Å²) in [6, 6.07) is 5.64. The number of hydrogen-bond acceptors (Lipinski definition) is 3. The number of pyridine rings is 1. The highest BCUT2D eigenvalue weighted by Gasteiger charge is 2.03. The summed E-state index contributed by atoms with van der Waals surface area (Å²) in [6.07, 6.45) is 5.40. The highest BCUT2D eigenvalue weighted by molar-refractivity contribution is 6.30. The van der Waals surface area contributed by atoms with E-state index >= 15 is 0 Å². The Morgan fingerprint density at radius 3 is 3.00 bits per heavy atom. The fourth-order valence-electron chi connectivity index (χ4n) is 1.55. The van der Waals surface area contributed by atoms with Crippen LogP contribution in [0.25, 0.3) is 0 Å². The molecule has 2 heterocycles. The largest absolute Gasteiger partial charge is 0.370 e. The van der Waals surface area contributed by atoms with Gasteiger partial charge in [0.05, 0.1) is 5.02 Å². The van der Waals surface area contributed by atoms with Crippen molar-refractivity contribution >= 4 is 17.4 Å². The zero-order valence-electron chi connectivity index (χ0n) is 9.68. The maximum Gasteiger partial charge on any atom is 0.125 e. The van der Waals surface area contributed by atoms with Crippen LogP contribution in [0.1, 0.15) is 6.92 Å². The molecule has 5 heteroatoms. The zero-order chi connectivity index (χ0) is 12.1. The summed E-state index contributed by atoms with van der Waals surface area (Å²) >= 11 is 5.77. The van der Waals surface area contributed by atoms with Crippen molar-refractivity contribution in [2.75, 3.05) is 11.9 Å². The molecule has 0 spiro atoms. The number of aromatic nitrogens is 3. The van der Waals surface area contributed by atoms with Gasteiger partial charge in [0.25, 0.3) is 0 Å². The van der Waals surface area contributed by atoms with E-state index in [9.17, 15) is 0 Å². The maximum atomic E-state index is 5.77. The molecule has 0 fully saturated rings. The summed E-state index contributed by atoms with van der Waals surface area (Å²) < 4.78 is 1.93. The van der Waals surface area contributed by atoms with Crippen molar-refractivity contribution in [3.63, 3.8) is 0 Å². The van der Waals surface area contributed by atoms with Crippen LogP contribution in [0.2, 0.25) is 5.02 Å². The van der Waals surface area contributed by atoms with E-state index in [0.29, 0.717) is 10.9 Å². The molecular weight excluding hydrogens is 236 g/mol. The highest BCUT2D eigenvalue weighted by atomic mass is 35.5. The van der Waals surface area contributed by atoms with E-state index in [2.05, 4.69) is 22.3 Å². The Bertz CT molecular complexity index is 438. The van der Waals surface area contributed by atoms with Crippen molar-refractivity contribution < 1.29 is 0 Å². The standard InChI is InChI=1S/C12H15ClN4/c1-10(9-17-6-2-5-16-17)7-14-12-4-3-11(13)8-15-12/h2-6,8,10H,7,9H2,1H3,(H,14,15). The number of nitrogens with zero attached hydrogens (tertiary/aromatic N) is 3. The average Bonchev–Trinajstić information content (AvgIpc) is 2.81. The van der Waals surface area contributed by atoms with Gasteiger partial charge in [0, 0.05) is 31.7 Å². The summed E-state index contributed by atoms with van der Waals surface area (Å²) in [5.41, 5.74) is 0. The molecule has 2 aromatic heterocycles. The van der Waals surface area contributed by atoms with Crippen molar-refractivity contribution in [2.45, 2.75) is 13.5 Å². The van der Waals surface area contributed by atoms with Gasteiger partial charge in [-0.2, -0.15) is 5.10 Å². The van der Waals surface area contributed by atoms with Gasteiger partial charge in [-0.25, -0.2) is 4.98 Å². The van der Waals surface area contributed by atoms with Crippen LogP contribution in [0.4, 0.5) is 5.82 Å². The van der Waals surface area contributed by atoms with Gasteiger partial charge in [0.2, 0.25) is 0 Å². The molecule has 2 rings (SSSR count). The normalized spacial score (nSPS) is 12.4. The average molecular weight is 251 g/mol. The van der Waals surface area contributed by atoms with Crippen LogP contribution in [0.3, 0.4) is 0 Å². The minimum atomic E-state index is 0.479. The van der Waals surface area contributed by atoms with E-state index in [0.717, 1.165) is 18.9 Å². The van der Waals surface area contributed by atoms with Crippen molar-refractivity contribution in [3.8, 4) is 0 Å². The minimum Gasteiger partial charge on any atom is -0.370 e. The molecule has 90 valence electrons. The van der Waals surface area contributed by atoms with Crippen molar-refractivity contribution in [2.24, 2.45) is 5.92 Å². The van der Waals surface area contributed by atoms with E-state index < -0.39 is 0 Å². The van der Waals surface area contributed by atoms with Crippen LogP contribution in [0.15, 0.2) is 36.8 Å². The first-order chi connectivity index (χ1) is 8.24. The summed E-state index contributed by atoms with van der Waals surface area (Å²) in [5, 5.41) is 8.10. The van der Waals surface area contributed by atoms with Crippen LogP contribution < -0.4 is 5.32 Å². The Balaban J connectivity index is 1.79. The van der Waals surface area contributed by atoms with Crippen LogP contribution in [0.5, 0.6) is 0 Å². The monoisotopic (exact) mass is 250 g/mol. The number of anilines is 1. The van der Waals surface area contributed by atoms with Gasteiger partial charge in [-0.3, -0.25) is 4.68 Å². The molecule has 0 aliphatic heterocycles. The first kappa shape index (κ1) is 11.9. The number of nitrogens with one attached hydrogen (secondary N) is 1. The Morgan fingerprint density at radius 2 is 2.35 bits per heavy atom. The quantitative estimate of drug-likeness (QED) is 0.887. The van der Waals surface area contributed by atoms with Crippen LogP contribution >= 0.6 is 11.6 Å². The molecule has 0 amide bonds. The van der Waals surface area contributed by atoms with Gasteiger partial charge in [-0.15, -0.1) is 0 Å². The lowest BCUT2D eigenvalue weighted by molar-refractivity contribution is 0.467. The highest BCUT2D eigenvalue weighted by Crippen LogP contribution is 2.10. The van der Waals surface area contributed by atoms with Crippen molar-refractivity contribution in [1.29, 1.82) is 0 Å². The second kappa shape index (κ2) is 5.68. The molecule has 4 nitrogen and oxygen atoms in total. The van der Waals surface area contributed by atoms with Gasteiger partial charge < -0.3 is 5.32 Å². The van der Waals surface area contributed by atoms with Gasteiger partial charge in [-0.1, -0.05) is 18.5 Å². The predicted octanol–water partition coefficient (Wildman–Crippen LogP) is 2.68. The van der Waals surface area contributed by atoms with E-state index in [1.54, 1.807) is 12.4 Å². The lowest BCUT2D eigenvalue weighted by Crippen LogP contribution is -2.17. The van der Waals surface area contributed by atoms with Crippen molar-refractivity contribution in [3.05, 3.63) is 41.8 Å². The lowest BCUT2D eigenvalue weighted by Gasteiger charge is -2.13. The molecule has 0 saturated heterocycles. The van der Waals surface area contributed by atoms with E-state index in [1.807, 2.05) is 29.1 Å². The van der Waals surface area contributed by atoms with E-state index in [-0.39, 0.29) is 0 Å². The molecule has 0 saturated carbocycles. The van der Waals surface area contributed by atoms with Crippen LogP contribution in [-0.2, 0) is 6.54 Å². The Labute approximate surface area is 106 Å². The molecule has 1 atom stereocenters. The number of halogens is 1. The third kappa shape index (κ3) is 3.75.